The predicted molar refractivity (Wildman–Crippen MR) is 84.0 cm³/mol. The Bertz CT molecular complexity index is 212. The van der Waals surface area contributed by atoms with E-state index in [1.807, 2.05) is 34.6 Å². The highest BCUT2D eigenvalue weighted by Crippen LogP contribution is 2.07. The van der Waals surface area contributed by atoms with Crippen molar-refractivity contribution in [2.24, 2.45) is 0 Å². The zero-order chi connectivity index (χ0) is 16.0. The monoisotopic (exact) mass is 290 g/mol. The molecule has 0 spiro atoms. The lowest BCUT2D eigenvalue weighted by atomic mass is 10.2. The van der Waals surface area contributed by atoms with Gasteiger partial charge in [-0.05, 0) is 34.4 Å². The summed E-state index contributed by atoms with van der Waals surface area (Å²) in [5.41, 5.74) is -0.318. The molecule has 122 valence electrons. The zero-order valence-electron chi connectivity index (χ0n) is 14.4. The van der Waals surface area contributed by atoms with Crippen LogP contribution in [0.25, 0.3) is 0 Å². The number of carbonyl (C=O) groups is 1. The van der Waals surface area contributed by atoms with Crippen LogP contribution in [0, 0.1) is 0 Å². The lowest BCUT2D eigenvalue weighted by Gasteiger charge is -2.35. The first-order valence-electron chi connectivity index (χ1n) is 7.51. The molecule has 20 heavy (non-hydrogen) atoms. The number of carbonyl (C=O) groups excluding carboxylic acids is 1. The van der Waals surface area contributed by atoms with Crippen LogP contribution in [0.2, 0.25) is 0 Å². The fourth-order valence-corrected chi connectivity index (χ4v) is 1.37. The number of hydrogen-bond acceptors (Lipinski definition) is 5. The molecule has 0 radical (unpaired) electrons. The highest BCUT2D eigenvalue weighted by atomic mass is 16.5. The summed E-state index contributed by atoms with van der Waals surface area (Å²) in [4.78, 5) is 11.9. The molecule has 0 aromatic rings. The fourth-order valence-electron chi connectivity index (χ4n) is 1.37. The summed E-state index contributed by atoms with van der Waals surface area (Å²) in [5.74, 6) is 0. The third kappa shape index (κ3) is 15.4. The molecule has 0 unspecified atom stereocenters. The minimum atomic E-state index is -0.318. The van der Waals surface area contributed by atoms with Crippen molar-refractivity contribution in [1.29, 1.82) is 0 Å². The lowest BCUT2D eigenvalue weighted by Crippen LogP contribution is -2.50. The minimum Gasteiger partial charge on any atom is -0.462 e. The molecule has 1 fully saturated rings. The van der Waals surface area contributed by atoms with Gasteiger partial charge in [0, 0.05) is 19.6 Å². The van der Waals surface area contributed by atoms with Crippen LogP contribution in [0.5, 0.6) is 0 Å². The number of nitrogens with one attached hydrogen (secondary N) is 1. The molecule has 5 nitrogen and oxygen atoms in total. The summed E-state index contributed by atoms with van der Waals surface area (Å²) in [6.45, 7) is 17.1. The van der Waals surface area contributed by atoms with Gasteiger partial charge < -0.3 is 19.7 Å². The van der Waals surface area contributed by atoms with Crippen LogP contribution < -0.4 is 5.32 Å². The van der Waals surface area contributed by atoms with E-state index in [4.69, 9.17) is 4.74 Å². The van der Waals surface area contributed by atoms with E-state index in [2.05, 4.69) is 28.9 Å². The Labute approximate surface area is 125 Å². The van der Waals surface area contributed by atoms with Crippen molar-refractivity contribution in [3.8, 4) is 0 Å². The molecule has 0 bridgehead atoms. The largest absolute Gasteiger partial charge is 0.462 e. The van der Waals surface area contributed by atoms with Gasteiger partial charge in [-0.3, -0.25) is 4.79 Å². The van der Waals surface area contributed by atoms with E-state index < -0.39 is 0 Å². The van der Waals surface area contributed by atoms with Crippen LogP contribution in [0.15, 0.2) is 0 Å². The average molecular weight is 290 g/mol. The second-order valence-electron chi connectivity index (χ2n) is 5.39. The topological polar surface area (TPSA) is 50.8 Å². The molecule has 1 rings (SSSR count). The molecule has 0 saturated carbocycles. The molecule has 0 aliphatic carbocycles. The van der Waals surface area contributed by atoms with E-state index in [-0.39, 0.29) is 5.60 Å². The molecule has 0 aromatic carbocycles. The Morgan fingerprint density at radius 3 is 2.15 bits per heavy atom. The van der Waals surface area contributed by atoms with Gasteiger partial charge in [-0.1, -0.05) is 20.8 Å². The van der Waals surface area contributed by atoms with Gasteiger partial charge >= 0.3 is 0 Å². The number of likely N-dealkylation sites (N-methyl/N-ethyl adjacent to an activating group) is 2. The molecule has 1 aliphatic rings. The van der Waals surface area contributed by atoms with Crippen molar-refractivity contribution in [2.45, 2.75) is 53.2 Å². The van der Waals surface area contributed by atoms with E-state index in [1.165, 1.54) is 0 Å². The normalized spacial score (nSPS) is 15.2. The van der Waals surface area contributed by atoms with Gasteiger partial charge in [-0.2, -0.15) is 0 Å². The van der Waals surface area contributed by atoms with Gasteiger partial charge in [0.15, 0.2) is 0 Å². The Hall–Kier alpha value is -0.650. The summed E-state index contributed by atoms with van der Waals surface area (Å²) in [6, 6.07) is 0. The van der Waals surface area contributed by atoms with Crippen molar-refractivity contribution in [3.05, 3.63) is 0 Å². The smallest absolute Gasteiger partial charge is 0.293 e. The van der Waals surface area contributed by atoms with Crippen LogP contribution in [0.4, 0.5) is 0 Å². The zero-order valence-corrected chi connectivity index (χ0v) is 14.4. The van der Waals surface area contributed by atoms with Gasteiger partial charge in [-0.25, -0.2) is 0 Å². The first-order valence-corrected chi connectivity index (χ1v) is 7.51. The first-order chi connectivity index (χ1) is 9.39. The number of likely N-dealkylation sites (tertiary alicyclic amines) is 1. The maximum Gasteiger partial charge on any atom is 0.293 e. The summed E-state index contributed by atoms with van der Waals surface area (Å²) in [5, 5.41) is 3.22. The SMILES string of the molecule is CC.CC(C)(C)OC=O.CCNCCOC1CN(C)C1. The Morgan fingerprint density at radius 1 is 1.30 bits per heavy atom. The number of nitrogens with zero attached hydrogens (tertiary/aromatic N) is 1. The summed E-state index contributed by atoms with van der Waals surface area (Å²) in [6.07, 6.45) is 0.499. The maximum absolute atomic E-state index is 9.60. The van der Waals surface area contributed by atoms with Crippen molar-refractivity contribution in [1.82, 2.24) is 10.2 Å². The average Bonchev–Trinajstić information content (AvgIpc) is 2.34. The number of rotatable bonds is 6. The third-order valence-electron chi connectivity index (χ3n) is 2.31. The van der Waals surface area contributed by atoms with E-state index in [1.54, 1.807) is 0 Å². The number of ether oxygens (including phenoxy) is 2. The summed E-state index contributed by atoms with van der Waals surface area (Å²) in [7, 11) is 2.12. The van der Waals surface area contributed by atoms with Crippen molar-refractivity contribution in [3.63, 3.8) is 0 Å². The van der Waals surface area contributed by atoms with Crippen LogP contribution >= 0.6 is 0 Å². The Kier molecular flexibility index (Phi) is 14.4. The van der Waals surface area contributed by atoms with Gasteiger partial charge in [0.2, 0.25) is 0 Å². The molecule has 0 atom stereocenters. The fraction of sp³-hybridized carbons (Fsp3) is 0.933. The van der Waals surface area contributed by atoms with Gasteiger partial charge in [-0.15, -0.1) is 0 Å². The predicted octanol–water partition coefficient (Wildman–Crippen LogP) is 1.91. The molecule has 1 heterocycles. The number of hydrogen-bond donors (Lipinski definition) is 1. The second kappa shape index (κ2) is 13.3. The molecular weight excluding hydrogens is 256 g/mol. The van der Waals surface area contributed by atoms with E-state index >= 15 is 0 Å². The minimum absolute atomic E-state index is 0.318. The first kappa shape index (κ1) is 21.6. The molecule has 5 heteroatoms. The van der Waals surface area contributed by atoms with Gasteiger partial charge in [0.05, 0.1) is 12.7 Å². The maximum atomic E-state index is 9.60. The molecular formula is C15H34N2O3. The van der Waals surface area contributed by atoms with Crippen LogP contribution in [0.3, 0.4) is 0 Å². The van der Waals surface area contributed by atoms with Gasteiger partial charge in [0.1, 0.15) is 5.60 Å². The van der Waals surface area contributed by atoms with Crippen LogP contribution in [0.1, 0.15) is 41.5 Å². The Balaban J connectivity index is 0. The lowest BCUT2D eigenvalue weighted by molar-refractivity contribution is -0.138. The molecule has 0 amide bonds. The van der Waals surface area contributed by atoms with Crippen molar-refractivity contribution in [2.75, 3.05) is 39.8 Å². The van der Waals surface area contributed by atoms with E-state index in [9.17, 15) is 4.79 Å². The summed E-state index contributed by atoms with van der Waals surface area (Å²) < 4.78 is 10.1. The molecule has 1 N–H and O–H groups in total. The third-order valence-corrected chi connectivity index (χ3v) is 2.31. The highest BCUT2D eigenvalue weighted by molar-refractivity contribution is 5.37. The Morgan fingerprint density at radius 2 is 1.85 bits per heavy atom. The van der Waals surface area contributed by atoms with Crippen molar-refractivity contribution < 1.29 is 14.3 Å². The van der Waals surface area contributed by atoms with Crippen LogP contribution in [-0.2, 0) is 14.3 Å². The second-order valence-corrected chi connectivity index (χ2v) is 5.39. The highest BCUT2D eigenvalue weighted by Gasteiger charge is 2.22. The van der Waals surface area contributed by atoms with Gasteiger partial charge in [0.25, 0.3) is 6.47 Å². The molecule has 0 aromatic heterocycles. The summed E-state index contributed by atoms with van der Waals surface area (Å²) >= 11 is 0. The standard InChI is InChI=1S/C8H18N2O.C5H10O2.C2H6/c1-3-9-4-5-11-8-6-10(2)7-8;1-5(2,3)7-4-6;1-2/h8-9H,3-7H2,1-2H3;4H,1-3H3;1-2H3. The van der Waals surface area contributed by atoms with Crippen molar-refractivity contribution >= 4 is 6.47 Å². The van der Waals surface area contributed by atoms with Crippen LogP contribution in [-0.4, -0.2) is 62.9 Å². The quantitative estimate of drug-likeness (QED) is 0.598. The molecule has 1 aliphatic heterocycles. The van der Waals surface area contributed by atoms with E-state index in [0.29, 0.717) is 12.6 Å². The molecule has 1 saturated heterocycles. The van der Waals surface area contributed by atoms with E-state index in [0.717, 1.165) is 32.8 Å².